The van der Waals surface area contributed by atoms with Crippen molar-refractivity contribution >= 4 is 5.57 Å². The van der Waals surface area contributed by atoms with Crippen LogP contribution in [0.3, 0.4) is 0 Å². The van der Waals surface area contributed by atoms with Crippen molar-refractivity contribution in [2.45, 2.75) is 32.6 Å². The lowest BCUT2D eigenvalue weighted by molar-refractivity contribution is 0.298. The molecular formula is C17H25N. The maximum absolute atomic E-state index is 3.99. The summed E-state index contributed by atoms with van der Waals surface area (Å²) in [7, 11) is 2.25. The Morgan fingerprint density at radius 3 is 2.67 bits per heavy atom. The van der Waals surface area contributed by atoms with Gasteiger partial charge in [-0.05, 0) is 56.8 Å². The minimum absolute atomic E-state index is 0.827. The highest BCUT2D eigenvalue weighted by Crippen LogP contribution is 2.21. The van der Waals surface area contributed by atoms with Gasteiger partial charge in [0.15, 0.2) is 0 Å². The number of likely N-dealkylation sites (tertiary alicyclic amines) is 1. The summed E-state index contributed by atoms with van der Waals surface area (Å²) in [4.78, 5) is 2.49. The summed E-state index contributed by atoms with van der Waals surface area (Å²) in [5.74, 6) is 0.827. The molecule has 1 fully saturated rings. The van der Waals surface area contributed by atoms with Gasteiger partial charge in [0.05, 0.1) is 0 Å². The van der Waals surface area contributed by atoms with Gasteiger partial charge in [-0.15, -0.1) is 0 Å². The van der Waals surface area contributed by atoms with E-state index in [-0.39, 0.29) is 0 Å². The summed E-state index contributed by atoms with van der Waals surface area (Å²) >= 11 is 0. The van der Waals surface area contributed by atoms with Crippen molar-refractivity contribution in [2.24, 2.45) is 5.92 Å². The SMILES string of the molecule is C=C(C)c1ccc(CC2CCCCN(C)C2)cc1. The summed E-state index contributed by atoms with van der Waals surface area (Å²) in [5, 5.41) is 0. The summed E-state index contributed by atoms with van der Waals surface area (Å²) in [5.41, 5.74) is 3.88. The minimum Gasteiger partial charge on any atom is -0.306 e. The van der Waals surface area contributed by atoms with Crippen molar-refractivity contribution in [3.8, 4) is 0 Å². The number of nitrogens with zero attached hydrogens (tertiary/aromatic N) is 1. The first-order valence-electron chi connectivity index (χ1n) is 7.08. The molecule has 1 aliphatic heterocycles. The first-order chi connectivity index (χ1) is 8.65. The van der Waals surface area contributed by atoms with E-state index >= 15 is 0 Å². The van der Waals surface area contributed by atoms with E-state index < -0.39 is 0 Å². The van der Waals surface area contributed by atoms with Crippen LogP contribution in [-0.4, -0.2) is 25.0 Å². The predicted molar refractivity (Wildman–Crippen MR) is 79.7 cm³/mol. The molecule has 1 heterocycles. The van der Waals surface area contributed by atoms with E-state index in [0.717, 1.165) is 11.5 Å². The van der Waals surface area contributed by atoms with Gasteiger partial charge in [0, 0.05) is 6.54 Å². The third-order valence-electron chi connectivity index (χ3n) is 3.94. The van der Waals surface area contributed by atoms with Crippen LogP contribution in [0.1, 0.15) is 37.3 Å². The molecule has 1 nitrogen and oxygen atoms in total. The van der Waals surface area contributed by atoms with Crippen LogP contribution in [0, 0.1) is 5.92 Å². The lowest BCUT2D eigenvalue weighted by Crippen LogP contribution is -2.25. The van der Waals surface area contributed by atoms with Crippen LogP contribution in [0.4, 0.5) is 0 Å². The van der Waals surface area contributed by atoms with Crippen molar-refractivity contribution in [3.63, 3.8) is 0 Å². The predicted octanol–water partition coefficient (Wildman–Crippen LogP) is 3.99. The maximum atomic E-state index is 3.99. The normalized spacial score (nSPS) is 21.6. The Morgan fingerprint density at radius 1 is 1.28 bits per heavy atom. The zero-order chi connectivity index (χ0) is 13.0. The highest BCUT2D eigenvalue weighted by atomic mass is 15.1. The van der Waals surface area contributed by atoms with E-state index in [9.17, 15) is 0 Å². The van der Waals surface area contributed by atoms with E-state index in [1.54, 1.807) is 0 Å². The molecule has 0 N–H and O–H groups in total. The molecule has 0 amide bonds. The second kappa shape index (κ2) is 6.19. The Kier molecular flexibility index (Phi) is 4.60. The highest BCUT2D eigenvalue weighted by Gasteiger charge is 2.15. The van der Waals surface area contributed by atoms with Crippen molar-refractivity contribution in [3.05, 3.63) is 42.0 Å². The van der Waals surface area contributed by atoms with E-state index in [0.29, 0.717) is 0 Å². The first kappa shape index (κ1) is 13.4. The van der Waals surface area contributed by atoms with Crippen molar-refractivity contribution in [2.75, 3.05) is 20.1 Å². The van der Waals surface area contributed by atoms with Crippen LogP contribution in [0.15, 0.2) is 30.8 Å². The van der Waals surface area contributed by atoms with E-state index in [1.807, 2.05) is 0 Å². The van der Waals surface area contributed by atoms with Gasteiger partial charge >= 0.3 is 0 Å². The molecular weight excluding hydrogens is 218 g/mol. The van der Waals surface area contributed by atoms with Gasteiger partial charge in [-0.2, -0.15) is 0 Å². The number of allylic oxidation sites excluding steroid dienone is 1. The Hall–Kier alpha value is -1.08. The molecule has 0 spiro atoms. The van der Waals surface area contributed by atoms with Gasteiger partial charge in [-0.25, -0.2) is 0 Å². The largest absolute Gasteiger partial charge is 0.306 e. The topological polar surface area (TPSA) is 3.24 Å². The molecule has 1 aromatic carbocycles. The van der Waals surface area contributed by atoms with Gasteiger partial charge in [0.1, 0.15) is 0 Å². The zero-order valence-corrected chi connectivity index (χ0v) is 11.8. The highest BCUT2D eigenvalue weighted by molar-refractivity contribution is 5.61. The van der Waals surface area contributed by atoms with Crippen molar-refractivity contribution < 1.29 is 0 Å². The van der Waals surface area contributed by atoms with Crippen LogP contribution in [0.2, 0.25) is 0 Å². The van der Waals surface area contributed by atoms with Crippen LogP contribution in [0.5, 0.6) is 0 Å². The third kappa shape index (κ3) is 3.71. The lowest BCUT2D eigenvalue weighted by Gasteiger charge is -2.20. The molecule has 1 heteroatoms. The number of hydrogen-bond donors (Lipinski definition) is 0. The molecule has 0 radical (unpaired) electrons. The molecule has 2 rings (SSSR count). The average Bonchev–Trinajstić information content (AvgIpc) is 2.54. The summed E-state index contributed by atoms with van der Waals surface area (Å²) < 4.78 is 0. The first-order valence-corrected chi connectivity index (χ1v) is 7.08. The Morgan fingerprint density at radius 2 is 2.00 bits per heavy atom. The molecule has 0 aliphatic carbocycles. The van der Waals surface area contributed by atoms with Gasteiger partial charge in [0.2, 0.25) is 0 Å². The van der Waals surface area contributed by atoms with Gasteiger partial charge in [0.25, 0.3) is 0 Å². The second-order valence-corrected chi connectivity index (χ2v) is 5.81. The summed E-state index contributed by atoms with van der Waals surface area (Å²) in [6.45, 7) is 8.57. The van der Waals surface area contributed by atoms with E-state index in [4.69, 9.17) is 0 Å². The Bertz CT molecular complexity index is 391. The summed E-state index contributed by atoms with van der Waals surface area (Å²) in [6, 6.07) is 8.96. The molecule has 1 unspecified atom stereocenters. The van der Waals surface area contributed by atoms with Gasteiger partial charge in [-0.3, -0.25) is 0 Å². The molecule has 1 aromatic rings. The fourth-order valence-electron chi connectivity index (χ4n) is 2.86. The van der Waals surface area contributed by atoms with E-state index in [2.05, 4.69) is 49.7 Å². The van der Waals surface area contributed by atoms with Gasteiger partial charge < -0.3 is 4.90 Å². The standard InChI is InChI=1S/C17H25N/c1-14(2)17-9-7-15(8-10-17)12-16-6-4-5-11-18(3)13-16/h7-10,16H,1,4-6,11-13H2,2-3H3. The Labute approximate surface area is 112 Å². The monoisotopic (exact) mass is 243 g/mol. The fraction of sp³-hybridized carbons (Fsp3) is 0.529. The van der Waals surface area contributed by atoms with Crippen LogP contribution >= 0.6 is 0 Å². The number of hydrogen-bond acceptors (Lipinski definition) is 1. The lowest BCUT2D eigenvalue weighted by atomic mass is 9.94. The summed E-state index contributed by atoms with van der Waals surface area (Å²) in [6.07, 6.45) is 5.36. The van der Waals surface area contributed by atoms with Crippen molar-refractivity contribution in [1.29, 1.82) is 0 Å². The minimum atomic E-state index is 0.827. The van der Waals surface area contributed by atoms with Crippen LogP contribution in [0.25, 0.3) is 5.57 Å². The second-order valence-electron chi connectivity index (χ2n) is 5.81. The zero-order valence-electron chi connectivity index (χ0n) is 11.8. The molecule has 98 valence electrons. The maximum Gasteiger partial charge on any atom is 0.000979 e. The quantitative estimate of drug-likeness (QED) is 0.776. The third-order valence-corrected chi connectivity index (χ3v) is 3.94. The van der Waals surface area contributed by atoms with Crippen LogP contribution < -0.4 is 0 Å². The average molecular weight is 243 g/mol. The molecule has 1 saturated heterocycles. The van der Waals surface area contributed by atoms with Gasteiger partial charge in [-0.1, -0.05) is 42.8 Å². The fourth-order valence-corrected chi connectivity index (χ4v) is 2.86. The molecule has 0 aromatic heterocycles. The number of benzene rings is 1. The molecule has 0 saturated carbocycles. The number of rotatable bonds is 3. The molecule has 0 bridgehead atoms. The smallest absolute Gasteiger partial charge is 0.000979 e. The molecule has 18 heavy (non-hydrogen) atoms. The van der Waals surface area contributed by atoms with Crippen molar-refractivity contribution in [1.82, 2.24) is 4.90 Å². The Balaban J connectivity index is 1.97. The molecule has 1 aliphatic rings. The molecule has 1 atom stereocenters. The van der Waals surface area contributed by atoms with E-state index in [1.165, 1.54) is 49.9 Å². The van der Waals surface area contributed by atoms with Crippen LogP contribution in [-0.2, 0) is 6.42 Å².